The van der Waals surface area contributed by atoms with Gasteiger partial charge in [0.05, 0.1) is 24.6 Å². The van der Waals surface area contributed by atoms with Crippen LogP contribution in [-0.4, -0.2) is 32.7 Å². The Hall–Kier alpha value is -2.45. The summed E-state index contributed by atoms with van der Waals surface area (Å²) in [6.45, 7) is 1.42. The third kappa shape index (κ3) is 4.80. The first-order chi connectivity index (χ1) is 12.1. The van der Waals surface area contributed by atoms with E-state index in [9.17, 15) is 22.7 Å². The monoisotopic (exact) mass is 380 g/mol. The average molecular weight is 380 g/mol. The van der Waals surface area contributed by atoms with Crippen LogP contribution >= 0.6 is 0 Å². The van der Waals surface area contributed by atoms with Crippen molar-refractivity contribution < 1.29 is 22.7 Å². The summed E-state index contributed by atoms with van der Waals surface area (Å²) < 4.78 is 37.5. The number of carbonyl (C=O) groups excluding carboxylic acids is 1. The number of halogens is 1. The Morgan fingerprint density at radius 1 is 1.23 bits per heavy atom. The van der Waals surface area contributed by atoms with Gasteiger partial charge in [-0.15, -0.1) is 0 Å². The Kier molecular flexibility index (Phi) is 5.99. The minimum atomic E-state index is -3.51. The Morgan fingerprint density at radius 3 is 2.38 bits per heavy atom. The molecule has 0 saturated heterocycles. The summed E-state index contributed by atoms with van der Waals surface area (Å²) in [7, 11) is -2.14. The van der Waals surface area contributed by atoms with Gasteiger partial charge in [0.1, 0.15) is 5.82 Å². The third-order valence-electron chi connectivity index (χ3n) is 4.00. The molecule has 2 aromatic carbocycles. The fourth-order valence-corrected chi connectivity index (χ4v) is 2.87. The molecule has 0 aliphatic heterocycles. The van der Waals surface area contributed by atoms with E-state index in [0.717, 1.165) is 16.1 Å². The number of sulfonamides is 1. The molecule has 1 amide bonds. The zero-order valence-corrected chi connectivity index (χ0v) is 15.5. The van der Waals surface area contributed by atoms with Gasteiger partial charge in [-0.05, 0) is 48.4 Å². The van der Waals surface area contributed by atoms with Crippen LogP contribution in [0.1, 0.15) is 34.5 Å². The number of benzene rings is 2. The van der Waals surface area contributed by atoms with Gasteiger partial charge in [0.25, 0.3) is 5.91 Å². The Morgan fingerprint density at radius 2 is 1.85 bits per heavy atom. The minimum absolute atomic E-state index is 0.219. The van der Waals surface area contributed by atoms with Crippen molar-refractivity contribution in [3.05, 3.63) is 65.0 Å². The van der Waals surface area contributed by atoms with Crippen molar-refractivity contribution in [1.29, 1.82) is 0 Å². The van der Waals surface area contributed by atoms with Crippen LogP contribution < -0.4 is 9.62 Å². The molecule has 0 saturated carbocycles. The maximum absolute atomic E-state index is 13.0. The van der Waals surface area contributed by atoms with E-state index >= 15 is 0 Å². The van der Waals surface area contributed by atoms with Crippen molar-refractivity contribution in [2.45, 2.75) is 19.6 Å². The van der Waals surface area contributed by atoms with Gasteiger partial charge in [0.2, 0.25) is 10.0 Å². The number of aliphatic hydroxyl groups is 1. The lowest BCUT2D eigenvalue weighted by molar-refractivity contribution is 0.0939. The summed E-state index contributed by atoms with van der Waals surface area (Å²) >= 11 is 0. The normalized spacial score (nSPS) is 12.5. The maximum atomic E-state index is 13.0. The van der Waals surface area contributed by atoms with E-state index in [1.807, 2.05) is 0 Å². The summed E-state index contributed by atoms with van der Waals surface area (Å²) in [6, 6.07) is 9.82. The number of nitrogens with zero attached hydrogens (tertiary/aromatic N) is 1. The SMILES string of the molecule is C[C@@H](NC(=O)c1cc(CO)cc(N(C)S(C)(=O)=O)c1)c1ccc(F)cc1. The highest BCUT2D eigenvalue weighted by molar-refractivity contribution is 7.92. The average Bonchev–Trinajstić information content (AvgIpc) is 2.60. The fourth-order valence-electron chi connectivity index (χ4n) is 2.38. The predicted molar refractivity (Wildman–Crippen MR) is 97.9 cm³/mol. The molecule has 0 spiro atoms. The number of aliphatic hydroxyl groups excluding tert-OH is 1. The highest BCUT2D eigenvalue weighted by Gasteiger charge is 2.17. The van der Waals surface area contributed by atoms with Crippen molar-refractivity contribution in [1.82, 2.24) is 5.32 Å². The number of hydrogen-bond acceptors (Lipinski definition) is 4. The molecule has 2 aromatic rings. The Bertz CT molecular complexity index is 898. The molecule has 0 unspecified atom stereocenters. The molecule has 2 N–H and O–H groups in total. The first-order valence-corrected chi connectivity index (χ1v) is 9.71. The lowest BCUT2D eigenvalue weighted by atomic mass is 10.1. The quantitative estimate of drug-likeness (QED) is 0.804. The van der Waals surface area contributed by atoms with Crippen LogP contribution in [-0.2, 0) is 16.6 Å². The minimum Gasteiger partial charge on any atom is -0.392 e. The largest absolute Gasteiger partial charge is 0.392 e. The molecule has 0 bridgehead atoms. The van der Waals surface area contributed by atoms with Crippen LogP contribution in [0.4, 0.5) is 10.1 Å². The number of amides is 1. The van der Waals surface area contributed by atoms with Crippen molar-refractivity contribution in [3.63, 3.8) is 0 Å². The Balaban J connectivity index is 2.28. The zero-order chi connectivity index (χ0) is 19.5. The van der Waals surface area contributed by atoms with Gasteiger partial charge in [-0.1, -0.05) is 12.1 Å². The van der Waals surface area contributed by atoms with E-state index in [1.165, 1.54) is 37.4 Å². The molecule has 2 rings (SSSR count). The summed E-state index contributed by atoms with van der Waals surface area (Å²) in [5.74, 6) is -0.795. The molecule has 0 radical (unpaired) electrons. The fraction of sp³-hybridized carbons (Fsp3) is 0.278. The number of anilines is 1. The van der Waals surface area contributed by atoms with E-state index < -0.39 is 15.9 Å². The van der Waals surface area contributed by atoms with Gasteiger partial charge in [0.15, 0.2) is 0 Å². The predicted octanol–water partition coefficient (Wildman–Crippen LogP) is 2.20. The second-order valence-corrected chi connectivity index (χ2v) is 8.04. The molecule has 8 heteroatoms. The van der Waals surface area contributed by atoms with Gasteiger partial charge in [-0.3, -0.25) is 9.10 Å². The maximum Gasteiger partial charge on any atom is 0.251 e. The van der Waals surface area contributed by atoms with Gasteiger partial charge >= 0.3 is 0 Å². The number of nitrogens with one attached hydrogen (secondary N) is 1. The number of hydrogen-bond donors (Lipinski definition) is 2. The van der Waals surface area contributed by atoms with Crippen molar-refractivity contribution in [3.8, 4) is 0 Å². The van der Waals surface area contributed by atoms with E-state index in [-0.39, 0.29) is 29.7 Å². The van der Waals surface area contributed by atoms with Gasteiger partial charge < -0.3 is 10.4 Å². The molecule has 0 aliphatic rings. The topological polar surface area (TPSA) is 86.7 Å². The van der Waals surface area contributed by atoms with E-state index in [4.69, 9.17) is 0 Å². The van der Waals surface area contributed by atoms with Crippen molar-refractivity contribution in [2.24, 2.45) is 0 Å². The van der Waals surface area contributed by atoms with Crippen molar-refractivity contribution >= 4 is 21.6 Å². The molecular weight excluding hydrogens is 359 g/mol. The van der Waals surface area contributed by atoms with E-state index in [2.05, 4.69) is 5.32 Å². The lowest BCUT2D eigenvalue weighted by Crippen LogP contribution is -2.28. The molecule has 0 heterocycles. The molecule has 6 nitrogen and oxygen atoms in total. The zero-order valence-electron chi connectivity index (χ0n) is 14.7. The van der Waals surface area contributed by atoms with Crippen LogP contribution in [0, 0.1) is 5.82 Å². The molecule has 140 valence electrons. The molecule has 0 aromatic heterocycles. The standard InChI is InChI=1S/C18H21FN2O4S/c1-12(14-4-6-16(19)7-5-14)20-18(23)15-8-13(11-22)9-17(10-15)21(2)26(3,24)25/h4-10,12,22H,11H2,1-3H3,(H,20,23)/t12-/m1/s1. The number of rotatable bonds is 6. The molecule has 0 aliphatic carbocycles. The number of carbonyl (C=O) groups is 1. The second kappa shape index (κ2) is 7.84. The summed E-state index contributed by atoms with van der Waals surface area (Å²) in [4.78, 5) is 12.6. The van der Waals surface area contributed by atoms with Crippen molar-refractivity contribution in [2.75, 3.05) is 17.6 Å². The van der Waals surface area contributed by atoms with Crippen LogP contribution in [0.5, 0.6) is 0 Å². The molecular formula is C18H21FN2O4S. The smallest absolute Gasteiger partial charge is 0.251 e. The first-order valence-electron chi connectivity index (χ1n) is 7.87. The van der Waals surface area contributed by atoms with Crippen LogP contribution in [0.15, 0.2) is 42.5 Å². The first kappa shape index (κ1) is 19.9. The molecule has 1 atom stereocenters. The van der Waals surface area contributed by atoms with E-state index in [1.54, 1.807) is 19.1 Å². The van der Waals surface area contributed by atoms with Crippen LogP contribution in [0.3, 0.4) is 0 Å². The highest BCUT2D eigenvalue weighted by Crippen LogP contribution is 2.22. The summed E-state index contributed by atoms with van der Waals surface area (Å²) in [5.41, 5.74) is 1.64. The van der Waals surface area contributed by atoms with Gasteiger partial charge in [-0.25, -0.2) is 12.8 Å². The Labute approximate surface area is 152 Å². The molecule has 0 fully saturated rings. The lowest BCUT2D eigenvalue weighted by Gasteiger charge is -2.19. The van der Waals surface area contributed by atoms with E-state index in [0.29, 0.717) is 5.56 Å². The summed E-state index contributed by atoms with van der Waals surface area (Å²) in [6.07, 6.45) is 1.05. The second-order valence-electron chi connectivity index (χ2n) is 6.02. The molecule has 26 heavy (non-hydrogen) atoms. The van der Waals surface area contributed by atoms with Gasteiger partial charge in [-0.2, -0.15) is 0 Å². The van der Waals surface area contributed by atoms with Crippen LogP contribution in [0.25, 0.3) is 0 Å². The van der Waals surface area contributed by atoms with Crippen LogP contribution in [0.2, 0.25) is 0 Å². The summed E-state index contributed by atoms with van der Waals surface area (Å²) in [5, 5.41) is 12.2. The highest BCUT2D eigenvalue weighted by atomic mass is 32.2. The third-order valence-corrected chi connectivity index (χ3v) is 5.21. The van der Waals surface area contributed by atoms with Gasteiger partial charge in [0, 0.05) is 12.6 Å².